The van der Waals surface area contributed by atoms with Crippen molar-refractivity contribution < 1.29 is 19.2 Å². The molecule has 0 aliphatic heterocycles. The largest absolute Gasteiger partial charge is 0.457 e. The van der Waals surface area contributed by atoms with Crippen molar-refractivity contribution >= 4 is 5.97 Å². The Balaban J connectivity index is 1.25. The van der Waals surface area contributed by atoms with Crippen molar-refractivity contribution in [1.29, 1.82) is 0 Å². The number of allylic oxidation sites excluding steroid dienone is 1. The van der Waals surface area contributed by atoms with Gasteiger partial charge >= 0.3 is 5.97 Å². The number of fused-ring (bicyclic) bond motifs is 7. The molecule has 0 spiro atoms. The van der Waals surface area contributed by atoms with Crippen LogP contribution in [0.3, 0.4) is 0 Å². The lowest BCUT2D eigenvalue weighted by atomic mass is 9.32. The normalized spacial score (nSPS) is 45.6. The predicted molar refractivity (Wildman–Crippen MR) is 167 cm³/mol. The summed E-state index contributed by atoms with van der Waals surface area (Å²) in [6, 6.07) is 6.03. The lowest BCUT2D eigenvalue weighted by Crippen LogP contribution is -2.67. The Labute approximate surface area is 255 Å². The summed E-state index contributed by atoms with van der Waals surface area (Å²) in [6.45, 7) is 22.2. The Morgan fingerprint density at radius 2 is 1.71 bits per heavy atom. The minimum atomic E-state index is -0.108. The van der Waals surface area contributed by atoms with Crippen LogP contribution in [-0.2, 0) is 16.1 Å². The summed E-state index contributed by atoms with van der Waals surface area (Å²) < 4.78 is 8.33. The highest BCUT2D eigenvalue weighted by molar-refractivity contribution is 5.68. The zero-order valence-corrected chi connectivity index (χ0v) is 27.7. The molecule has 6 rings (SSSR count). The fourth-order valence-corrected chi connectivity index (χ4v) is 12.8. The summed E-state index contributed by atoms with van der Waals surface area (Å²) in [7, 11) is 0. The number of aryl methyl sites for hydroxylation is 1. The van der Waals surface area contributed by atoms with Crippen LogP contribution in [0.4, 0.5) is 0 Å². The van der Waals surface area contributed by atoms with Crippen molar-refractivity contribution in [1.82, 2.24) is 0 Å². The van der Waals surface area contributed by atoms with Crippen molar-refractivity contribution in [2.24, 2.45) is 56.7 Å². The predicted octanol–water partition coefficient (Wildman–Crippen LogP) is 7.84. The number of hydrogen-bond donors (Lipinski definition) is 1. The zero-order chi connectivity index (χ0) is 30.3. The van der Waals surface area contributed by atoms with E-state index in [1.54, 1.807) is 0 Å². The highest BCUT2D eigenvalue weighted by Crippen LogP contribution is 2.77. The summed E-state index contributed by atoms with van der Waals surface area (Å²) >= 11 is 0. The van der Waals surface area contributed by atoms with Crippen LogP contribution in [-0.4, -0.2) is 23.8 Å². The number of pyridine rings is 1. The van der Waals surface area contributed by atoms with Gasteiger partial charge in [-0.05, 0) is 122 Å². The third-order valence-corrected chi connectivity index (χ3v) is 15.2. The van der Waals surface area contributed by atoms with Crippen molar-refractivity contribution in [3.8, 4) is 0 Å². The smallest absolute Gasteiger partial charge is 0.372 e. The highest BCUT2D eigenvalue weighted by Gasteiger charge is 2.71. The van der Waals surface area contributed by atoms with Crippen molar-refractivity contribution in [3.63, 3.8) is 0 Å². The molecule has 5 aliphatic rings. The molecule has 1 aromatic heterocycles. The topological polar surface area (TPSA) is 50.4 Å². The molecular formula is C38H58NO3+. The van der Waals surface area contributed by atoms with Crippen LogP contribution in [0, 0.1) is 63.6 Å². The van der Waals surface area contributed by atoms with E-state index in [2.05, 4.69) is 48.1 Å². The molecule has 1 aromatic rings. The number of ether oxygens (including phenoxy) is 1. The van der Waals surface area contributed by atoms with Crippen LogP contribution in [0.2, 0.25) is 0 Å². The molecule has 0 saturated heterocycles. The van der Waals surface area contributed by atoms with Crippen LogP contribution >= 0.6 is 0 Å². The van der Waals surface area contributed by atoms with Crippen LogP contribution < -0.4 is 4.57 Å². The molecule has 5 saturated carbocycles. The minimum absolute atomic E-state index is 0.0290. The molecule has 10 atom stereocenters. The average Bonchev–Trinajstić information content (AvgIpc) is 3.33. The first-order valence-corrected chi connectivity index (χ1v) is 17.1. The molecule has 5 unspecified atom stereocenters. The quantitative estimate of drug-likeness (QED) is 0.221. The van der Waals surface area contributed by atoms with E-state index in [9.17, 15) is 9.90 Å². The molecule has 232 valence electrons. The summed E-state index contributed by atoms with van der Waals surface area (Å²) in [4.78, 5) is 13.2. The standard InChI is InChI=1S/C38H58NO3/c1-25(2)27-14-19-38(24-40)21-20-36(7)28(33(27)38)12-13-30-35(6)17-16-31(34(4,5)29(35)15-18-37(30,36)8)42-32(41)23-39-22-10-9-11-26(39)3/h9-11,22,27-31,33,40H,1,12-21,23-24H2,2-8H3/q+1/t27?,28?,29?,30?,31-,33?,35-,36+,37+,38+/m0/s1. The molecule has 0 amide bonds. The van der Waals surface area contributed by atoms with E-state index in [-0.39, 0.29) is 34.9 Å². The monoisotopic (exact) mass is 576 g/mol. The maximum Gasteiger partial charge on any atom is 0.372 e. The molecule has 4 nitrogen and oxygen atoms in total. The molecule has 4 heteroatoms. The Morgan fingerprint density at radius 1 is 0.952 bits per heavy atom. The van der Waals surface area contributed by atoms with Gasteiger partial charge in [-0.2, -0.15) is 4.57 Å². The third-order valence-electron chi connectivity index (χ3n) is 15.2. The molecule has 42 heavy (non-hydrogen) atoms. The van der Waals surface area contributed by atoms with Crippen molar-refractivity contribution in [2.75, 3.05) is 6.61 Å². The van der Waals surface area contributed by atoms with E-state index < -0.39 is 0 Å². The summed E-state index contributed by atoms with van der Waals surface area (Å²) in [5, 5.41) is 10.8. The van der Waals surface area contributed by atoms with Gasteiger partial charge in [0.1, 0.15) is 6.10 Å². The van der Waals surface area contributed by atoms with Crippen LogP contribution in [0.15, 0.2) is 36.5 Å². The molecule has 1 heterocycles. The number of esters is 1. The second-order valence-electron chi connectivity index (χ2n) is 17.0. The summed E-state index contributed by atoms with van der Waals surface area (Å²) in [6.07, 6.45) is 14.0. The molecule has 5 fully saturated rings. The van der Waals surface area contributed by atoms with Gasteiger partial charge < -0.3 is 9.84 Å². The SMILES string of the molecule is C=C(C)C1CC[C@]2(CO)CC[C@]3(C)C(CCC4[C@@]5(C)CC[C@H](OC(=O)C[n+]6ccccc6C)C(C)(C)C5CC[C@]43C)C12. The van der Waals surface area contributed by atoms with Gasteiger partial charge in [-0.25, -0.2) is 4.79 Å². The van der Waals surface area contributed by atoms with Gasteiger partial charge in [-0.3, -0.25) is 0 Å². The van der Waals surface area contributed by atoms with E-state index >= 15 is 0 Å². The second kappa shape index (κ2) is 10.2. The minimum Gasteiger partial charge on any atom is -0.457 e. The fourth-order valence-electron chi connectivity index (χ4n) is 12.8. The molecule has 1 N–H and O–H groups in total. The Kier molecular flexibility index (Phi) is 7.35. The van der Waals surface area contributed by atoms with E-state index in [4.69, 9.17) is 4.74 Å². The van der Waals surface area contributed by atoms with Gasteiger partial charge in [0.25, 0.3) is 0 Å². The molecule has 5 aliphatic carbocycles. The number of aliphatic hydroxyl groups is 1. The number of aromatic nitrogens is 1. The number of carbonyl (C=O) groups excluding carboxylic acids is 1. The van der Waals surface area contributed by atoms with Crippen molar-refractivity contribution in [3.05, 3.63) is 42.2 Å². The van der Waals surface area contributed by atoms with Gasteiger partial charge in [0.15, 0.2) is 11.9 Å². The van der Waals surface area contributed by atoms with Crippen molar-refractivity contribution in [2.45, 2.75) is 125 Å². The van der Waals surface area contributed by atoms with Gasteiger partial charge in [-0.1, -0.05) is 52.8 Å². The Hall–Kier alpha value is -1.68. The fraction of sp³-hybridized carbons (Fsp3) is 0.789. The van der Waals surface area contributed by atoms with E-state index in [1.807, 2.05) is 35.9 Å². The maximum absolute atomic E-state index is 13.2. The van der Waals surface area contributed by atoms with Gasteiger partial charge in [0.05, 0.1) is 0 Å². The van der Waals surface area contributed by atoms with Gasteiger partial charge in [-0.15, -0.1) is 0 Å². The number of nitrogens with zero attached hydrogens (tertiary/aromatic N) is 1. The third kappa shape index (κ3) is 4.16. The molecule has 0 bridgehead atoms. The molecule has 0 aromatic carbocycles. The second-order valence-corrected chi connectivity index (χ2v) is 17.0. The van der Waals surface area contributed by atoms with E-state index in [1.165, 1.54) is 56.9 Å². The lowest BCUT2D eigenvalue weighted by Gasteiger charge is -2.73. The average molecular weight is 577 g/mol. The number of rotatable bonds is 5. The first kappa shape index (κ1) is 30.4. The van der Waals surface area contributed by atoms with Crippen LogP contribution in [0.25, 0.3) is 0 Å². The van der Waals surface area contributed by atoms with E-state index in [0.29, 0.717) is 47.0 Å². The summed E-state index contributed by atoms with van der Waals surface area (Å²) in [5.41, 5.74) is 3.33. The zero-order valence-electron chi connectivity index (χ0n) is 27.7. The maximum atomic E-state index is 13.2. The molecule has 0 radical (unpaired) electrons. The highest BCUT2D eigenvalue weighted by atomic mass is 16.5. The number of hydrogen-bond acceptors (Lipinski definition) is 3. The van der Waals surface area contributed by atoms with Crippen LogP contribution in [0.5, 0.6) is 0 Å². The Morgan fingerprint density at radius 3 is 2.40 bits per heavy atom. The first-order chi connectivity index (χ1) is 19.7. The van der Waals surface area contributed by atoms with Gasteiger partial charge in [0, 0.05) is 31.1 Å². The van der Waals surface area contributed by atoms with E-state index in [0.717, 1.165) is 18.5 Å². The van der Waals surface area contributed by atoms with Gasteiger partial charge in [0.2, 0.25) is 6.54 Å². The number of carbonyl (C=O) groups is 1. The summed E-state index contributed by atoms with van der Waals surface area (Å²) in [5.74, 6) is 2.96. The number of aliphatic hydroxyl groups excluding tert-OH is 1. The molecular weight excluding hydrogens is 518 g/mol. The van der Waals surface area contributed by atoms with Crippen LogP contribution in [0.1, 0.15) is 111 Å². The Bertz CT molecular complexity index is 1240. The lowest BCUT2D eigenvalue weighted by molar-refractivity contribution is -0.692. The first-order valence-electron chi connectivity index (χ1n) is 17.1.